The number of nitrogens with one attached hydrogen (secondary N) is 1. The van der Waals surface area contributed by atoms with Crippen molar-refractivity contribution in [2.24, 2.45) is 0 Å². The van der Waals surface area contributed by atoms with Gasteiger partial charge in [-0.3, -0.25) is 0 Å². The molecule has 0 spiro atoms. The fraction of sp³-hybridized carbons (Fsp3) is 0.235. The Kier molecular flexibility index (Phi) is 3.60. The Morgan fingerprint density at radius 1 is 1.24 bits per heavy atom. The molecule has 2 aromatic carbocycles. The highest BCUT2D eigenvalue weighted by Crippen LogP contribution is 2.27. The summed E-state index contributed by atoms with van der Waals surface area (Å²) in [6, 6.07) is 12.5. The number of halogens is 1. The van der Waals surface area contributed by atoms with Crippen molar-refractivity contribution in [3.63, 3.8) is 0 Å². The van der Waals surface area contributed by atoms with Gasteiger partial charge in [0.25, 0.3) is 0 Å². The molecule has 1 heterocycles. The molecule has 0 aliphatic heterocycles. The smallest absolute Gasteiger partial charge is 0.192 e. The standard InChI is InChI=1S/C17H17FN2O/c1-3-15(13-6-4-5-7-14(13)18)20-12-8-9-17-16(10-12)19-11(2)21-17/h4-10,15,20H,3H2,1-2H3. The third-order valence-electron chi connectivity index (χ3n) is 3.52. The predicted octanol–water partition coefficient (Wildman–Crippen LogP) is 4.84. The van der Waals surface area contributed by atoms with Gasteiger partial charge in [0.05, 0.1) is 6.04 Å². The second-order valence-corrected chi connectivity index (χ2v) is 5.04. The second kappa shape index (κ2) is 5.56. The van der Waals surface area contributed by atoms with Crippen LogP contribution < -0.4 is 5.32 Å². The molecule has 0 saturated heterocycles. The SMILES string of the molecule is CCC(Nc1ccc2oc(C)nc2c1)c1ccccc1F. The van der Waals surface area contributed by atoms with Crippen LogP contribution in [-0.2, 0) is 0 Å². The van der Waals surface area contributed by atoms with E-state index in [4.69, 9.17) is 4.42 Å². The lowest BCUT2D eigenvalue weighted by atomic mass is 10.0. The van der Waals surface area contributed by atoms with Gasteiger partial charge in [0.2, 0.25) is 0 Å². The molecule has 0 radical (unpaired) electrons. The summed E-state index contributed by atoms with van der Waals surface area (Å²) in [6.45, 7) is 3.85. The van der Waals surface area contributed by atoms with E-state index in [1.807, 2.05) is 44.2 Å². The molecule has 0 aliphatic carbocycles. The highest BCUT2D eigenvalue weighted by atomic mass is 19.1. The molecule has 0 amide bonds. The van der Waals surface area contributed by atoms with Crippen LogP contribution in [0.1, 0.15) is 30.8 Å². The average Bonchev–Trinajstić information content (AvgIpc) is 2.85. The molecule has 0 fully saturated rings. The fourth-order valence-corrected chi connectivity index (χ4v) is 2.49. The van der Waals surface area contributed by atoms with E-state index in [0.717, 1.165) is 23.2 Å². The summed E-state index contributed by atoms with van der Waals surface area (Å²) in [7, 11) is 0. The summed E-state index contributed by atoms with van der Waals surface area (Å²) in [5.41, 5.74) is 3.15. The van der Waals surface area contributed by atoms with Crippen molar-refractivity contribution < 1.29 is 8.81 Å². The quantitative estimate of drug-likeness (QED) is 0.745. The van der Waals surface area contributed by atoms with Crippen LogP contribution in [0.3, 0.4) is 0 Å². The summed E-state index contributed by atoms with van der Waals surface area (Å²) in [5.74, 6) is 0.457. The van der Waals surface area contributed by atoms with Crippen molar-refractivity contribution in [1.82, 2.24) is 4.98 Å². The number of hydrogen-bond acceptors (Lipinski definition) is 3. The number of benzene rings is 2. The first-order valence-corrected chi connectivity index (χ1v) is 7.05. The van der Waals surface area contributed by atoms with Crippen molar-refractivity contribution in [2.45, 2.75) is 26.3 Å². The summed E-state index contributed by atoms with van der Waals surface area (Å²) < 4.78 is 19.4. The molecule has 108 valence electrons. The Labute approximate surface area is 122 Å². The molecule has 1 unspecified atom stereocenters. The summed E-state index contributed by atoms with van der Waals surface area (Å²) in [4.78, 5) is 4.32. The molecule has 0 aliphatic rings. The zero-order valence-corrected chi connectivity index (χ0v) is 12.1. The third-order valence-corrected chi connectivity index (χ3v) is 3.52. The van der Waals surface area contributed by atoms with Crippen LogP contribution in [0.25, 0.3) is 11.1 Å². The molecule has 0 saturated carbocycles. The maximum atomic E-state index is 13.9. The molecule has 4 heteroatoms. The van der Waals surface area contributed by atoms with Gasteiger partial charge >= 0.3 is 0 Å². The highest BCUT2D eigenvalue weighted by molar-refractivity contribution is 5.77. The molecule has 21 heavy (non-hydrogen) atoms. The van der Waals surface area contributed by atoms with Crippen LogP contribution in [0.4, 0.5) is 10.1 Å². The first kappa shape index (κ1) is 13.6. The van der Waals surface area contributed by atoms with Gasteiger partial charge in [0.15, 0.2) is 11.5 Å². The lowest BCUT2D eigenvalue weighted by Crippen LogP contribution is -2.11. The minimum absolute atomic E-state index is 0.0725. The number of fused-ring (bicyclic) bond motifs is 1. The van der Waals surface area contributed by atoms with E-state index in [-0.39, 0.29) is 11.9 Å². The predicted molar refractivity (Wildman–Crippen MR) is 81.8 cm³/mol. The highest BCUT2D eigenvalue weighted by Gasteiger charge is 2.14. The largest absolute Gasteiger partial charge is 0.441 e. The maximum Gasteiger partial charge on any atom is 0.192 e. The van der Waals surface area contributed by atoms with E-state index in [1.54, 1.807) is 6.07 Å². The third kappa shape index (κ3) is 2.75. The van der Waals surface area contributed by atoms with Crippen LogP contribution in [0.5, 0.6) is 0 Å². The van der Waals surface area contributed by atoms with Crippen molar-refractivity contribution >= 4 is 16.8 Å². The Morgan fingerprint density at radius 2 is 2.05 bits per heavy atom. The van der Waals surface area contributed by atoms with Gasteiger partial charge in [-0.15, -0.1) is 0 Å². The number of oxazole rings is 1. The van der Waals surface area contributed by atoms with Crippen LogP contribution >= 0.6 is 0 Å². The van der Waals surface area contributed by atoms with Gasteiger partial charge in [-0.1, -0.05) is 25.1 Å². The Balaban J connectivity index is 1.90. The van der Waals surface area contributed by atoms with Crippen molar-refractivity contribution in [1.29, 1.82) is 0 Å². The van der Waals surface area contributed by atoms with E-state index >= 15 is 0 Å². The molecular formula is C17H17FN2O. The topological polar surface area (TPSA) is 38.1 Å². The van der Waals surface area contributed by atoms with E-state index in [1.165, 1.54) is 6.07 Å². The molecule has 1 atom stereocenters. The second-order valence-electron chi connectivity index (χ2n) is 5.04. The van der Waals surface area contributed by atoms with Gasteiger partial charge in [0, 0.05) is 18.2 Å². The van der Waals surface area contributed by atoms with Gasteiger partial charge in [0.1, 0.15) is 11.3 Å². The Bertz CT molecular complexity index is 766. The first-order chi connectivity index (χ1) is 10.2. The van der Waals surface area contributed by atoms with E-state index in [2.05, 4.69) is 10.3 Å². The molecule has 3 rings (SSSR count). The number of nitrogens with zero attached hydrogens (tertiary/aromatic N) is 1. The van der Waals surface area contributed by atoms with E-state index in [0.29, 0.717) is 11.5 Å². The van der Waals surface area contributed by atoms with Gasteiger partial charge < -0.3 is 9.73 Å². The van der Waals surface area contributed by atoms with Gasteiger partial charge in [-0.25, -0.2) is 9.37 Å². The number of hydrogen-bond donors (Lipinski definition) is 1. The minimum atomic E-state index is -0.185. The zero-order chi connectivity index (χ0) is 14.8. The molecular weight excluding hydrogens is 267 g/mol. The summed E-state index contributed by atoms with van der Waals surface area (Å²) in [6.07, 6.45) is 0.789. The van der Waals surface area contributed by atoms with Crippen molar-refractivity contribution in [2.75, 3.05) is 5.32 Å². The van der Waals surface area contributed by atoms with Gasteiger partial charge in [-0.2, -0.15) is 0 Å². The molecule has 1 N–H and O–H groups in total. The van der Waals surface area contributed by atoms with Crippen molar-refractivity contribution in [3.8, 4) is 0 Å². The Morgan fingerprint density at radius 3 is 2.81 bits per heavy atom. The minimum Gasteiger partial charge on any atom is -0.441 e. The number of rotatable bonds is 4. The number of aryl methyl sites for hydroxylation is 1. The lowest BCUT2D eigenvalue weighted by Gasteiger charge is -2.19. The van der Waals surface area contributed by atoms with Crippen molar-refractivity contribution in [3.05, 3.63) is 59.7 Å². The molecule has 3 aromatic rings. The van der Waals surface area contributed by atoms with Crippen LogP contribution in [0, 0.1) is 12.7 Å². The maximum absolute atomic E-state index is 13.9. The fourth-order valence-electron chi connectivity index (χ4n) is 2.49. The number of aromatic nitrogens is 1. The molecule has 1 aromatic heterocycles. The molecule has 3 nitrogen and oxygen atoms in total. The lowest BCUT2D eigenvalue weighted by molar-refractivity contribution is 0.561. The Hall–Kier alpha value is -2.36. The number of anilines is 1. The summed E-state index contributed by atoms with van der Waals surface area (Å²) >= 11 is 0. The first-order valence-electron chi connectivity index (χ1n) is 7.05. The normalized spacial score (nSPS) is 12.5. The molecule has 0 bridgehead atoms. The van der Waals surface area contributed by atoms with E-state index < -0.39 is 0 Å². The summed E-state index contributed by atoms with van der Waals surface area (Å²) in [5, 5.41) is 3.37. The van der Waals surface area contributed by atoms with Gasteiger partial charge in [-0.05, 0) is 30.7 Å². The van der Waals surface area contributed by atoms with E-state index in [9.17, 15) is 4.39 Å². The van der Waals surface area contributed by atoms with Crippen LogP contribution in [0.2, 0.25) is 0 Å². The monoisotopic (exact) mass is 284 g/mol. The zero-order valence-electron chi connectivity index (χ0n) is 12.1. The van der Waals surface area contributed by atoms with Crippen LogP contribution in [-0.4, -0.2) is 4.98 Å². The van der Waals surface area contributed by atoms with Crippen LogP contribution in [0.15, 0.2) is 46.9 Å². The average molecular weight is 284 g/mol.